The first-order chi connectivity index (χ1) is 12.3. The number of Topliss-reactive ketones (excluding diaryl/α,β-unsaturated/α-hetero) is 1. The fourth-order valence-electron chi connectivity index (χ4n) is 3.74. The van der Waals surface area contributed by atoms with Crippen molar-refractivity contribution < 1.29 is 14.3 Å². The van der Waals surface area contributed by atoms with E-state index in [9.17, 15) is 4.79 Å². The van der Waals surface area contributed by atoms with E-state index in [0.717, 1.165) is 43.6 Å². The van der Waals surface area contributed by atoms with Crippen LogP contribution in [0, 0.1) is 17.3 Å². The first kappa shape index (κ1) is 22.5. The van der Waals surface area contributed by atoms with Crippen LogP contribution in [0.3, 0.4) is 0 Å². The summed E-state index contributed by atoms with van der Waals surface area (Å²) in [4.78, 5) is 12.9. The second kappa shape index (κ2) is 10.6. The van der Waals surface area contributed by atoms with Crippen LogP contribution < -0.4 is 9.47 Å². The van der Waals surface area contributed by atoms with Crippen molar-refractivity contribution in [2.75, 3.05) is 14.2 Å². The normalized spacial score (nSPS) is 12.9. The van der Waals surface area contributed by atoms with Gasteiger partial charge < -0.3 is 9.47 Å². The molecule has 0 saturated carbocycles. The van der Waals surface area contributed by atoms with Gasteiger partial charge in [0, 0.05) is 18.4 Å². The average molecular weight is 363 g/mol. The Morgan fingerprint density at radius 2 is 1.73 bits per heavy atom. The highest BCUT2D eigenvalue weighted by atomic mass is 16.5. The van der Waals surface area contributed by atoms with Crippen LogP contribution in [-0.2, 0) is 11.2 Å². The van der Waals surface area contributed by atoms with Crippen LogP contribution in [0.25, 0.3) is 0 Å². The van der Waals surface area contributed by atoms with E-state index < -0.39 is 0 Å². The van der Waals surface area contributed by atoms with Crippen molar-refractivity contribution in [2.45, 2.75) is 73.1 Å². The number of hydrogen-bond acceptors (Lipinski definition) is 3. The van der Waals surface area contributed by atoms with Gasteiger partial charge in [-0.2, -0.15) is 0 Å². The number of methoxy groups -OCH3 is 2. The van der Waals surface area contributed by atoms with Gasteiger partial charge >= 0.3 is 0 Å². The molecule has 0 heterocycles. The van der Waals surface area contributed by atoms with Crippen molar-refractivity contribution in [3.8, 4) is 11.5 Å². The lowest BCUT2D eigenvalue weighted by Gasteiger charge is -2.27. The number of carbonyl (C=O) groups excluding carboxylic acids is 1. The summed E-state index contributed by atoms with van der Waals surface area (Å²) in [6.45, 7) is 10.9. The van der Waals surface area contributed by atoms with Crippen LogP contribution in [0.5, 0.6) is 11.5 Å². The van der Waals surface area contributed by atoms with Crippen LogP contribution >= 0.6 is 0 Å². The second-order valence-electron chi connectivity index (χ2n) is 8.46. The highest BCUT2D eigenvalue weighted by Gasteiger charge is 2.28. The highest BCUT2D eigenvalue weighted by Crippen LogP contribution is 2.32. The zero-order valence-corrected chi connectivity index (χ0v) is 17.9. The van der Waals surface area contributed by atoms with Gasteiger partial charge in [-0.25, -0.2) is 0 Å². The summed E-state index contributed by atoms with van der Waals surface area (Å²) < 4.78 is 10.8. The predicted octanol–water partition coefficient (Wildman–Crippen LogP) is 6.08. The Balaban J connectivity index is 2.79. The Kier molecular flexibility index (Phi) is 9.18. The molecule has 0 amide bonds. The molecule has 0 radical (unpaired) electrons. The average Bonchev–Trinajstić information content (AvgIpc) is 2.59. The first-order valence-electron chi connectivity index (χ1n) is 9.99. The third kappa shape index (κ3) is 7.01. The molecule has 1 atom stereocenters. The molecule has 1 rings (SSSR count). The topological polar surface area (TPSA) is 35.5 Å². The van der Waals surface area contributed by atoms with E-state index in [-0.39, 0.29) is 11.3 Å². The molecule has 148 valence electrons. The summed E-state index contributed by atoms with van der Waals surface area (Å²) >= 11 is 0. The van der Waals surface area contributed by atoms with Gasteiger partial charge in [0.2, 0.25) is 0 Å². The minimum absolute atomic E-state index is 0.0561. The van der Waals surface area contributed by atoms with Crippen molar-refractivity contribution in [3.63, 3.8) is 0 Å². The number of carbonyl (C=O) groups is 1. The summed E-state index contributed by atoms with van der Waals surface area (Å²) in [5.74, 6) is 2.77. The standard InChI is InChI=1S/C23H38O3/c1-8-17(9-2)20(21(24)16-23(3,4)5)12-10-11-18-13-14-19(25-6)15-22(18)26-7/h13-15,17,20H,8-12,16H2,1-7H3. The Morgan fingerprint density at radius 3 is 2.23 bits per heavy atom. The molecule has 0 saturated heterocycles. The van der Waals surface area contributed by atoms with E-state index in [0.29, 0.717) is 18.1 Å². The summed E-state index contributed by atoms with van der Waals surface area (Å²) in [7, 11) is 3.35. The number of ether oxygens (including phenoxy) is 2. The van der Waals surface area contributed by atoms with Crippen molar-refractivity contribution in [1.82, 2.24) is 0 Å². The van der Waals surface area contributed by atoms with Crippen LogP contribution in [0.15, 0.2) is 18.2 Å². The van der Waals surface area contributed by atoms with E-state index in [1.54, 1.807) is 14.2 Å². The predicted molar refractivity (Wildman–Crippen MR) is 109 cm³/mol. The molecule has 0 fully saturated rings. The molecule has 0 spiro atoms. The van der Waals surface area contributed by atoms with Crippen molar-refractivity contribution >= 4 is 5.78 Å². The largest absolute Gasteiger partial charge is 0.497 e. The molecule has 1 aromatic carbocycles. The second-order valence-corrected chi connectivity index (χ2v) is 8.46. The number of benzene rings is 1. The van der Waals surface area contributed by atoms with Gasteiger partial charge in [-0.1, -0.05) is 53.5 Å². The highest BCUT2D eigenvalue weighted by molar-refractivity contribution is 5.81. The van der Waals surface area contributed by atoms with Crippen molar-refractivity contribution in [1.29, 1.82) is 0 Å². The number of hydrogen-bond donors (Lipinski definition) is 0. The lowest BCUT2D eigenvalue weighted by molar-refractivity contribution is -0.126. The van der Waals surface area contributed by atoms with Crippen molar-refractivity contribution in [3.05, 3.63) is 23.8 Å². The monoisotopic (exact) mass is 362 g/mol. The van der Waals surface area contributed by atoms with E-state index in [1.165, 1.54) is 5.56 Å². The zero-order valence-electron chi connectivity index (χ0n) is 17.9. The third-order valence-corrected chi connectivity index (χ3v) is 5.19. The lowest BCUT2D eigenvalue weighted by Crippen LogP contribution is -2.27. The molecule has 0 aliphatic heterocycles. The number of aryl methyl sites for hydroxylation is 1. The maximum atomic E-state index is 12.9. The molecular formula is C23H38O3. The molecule has 3 nitrogen and oxygen atoms in total. The first-order valence-corrected chi connectivity index (χ1v) is 9.99. The van der Waals surface area contributed by atoms with Gasteiger partial charge in [0.25, 0.3) is 0 Å². The fraction of sp³-hybridized carbons (Fsp3) is 0.696. The van der Waals surface area contributed by atoms with Crippen LogP contribution in [0.4, 0.5) is 0 Å². The van der Waals surface area contributed by atoms with E-state index in [2.05, 4.69) is 40.7 Å². The number of rotatable bonds is 11. The summed E-state index contributed by atoms with van der Waals surface area (Å²) in [6.07, 6.45) is 5.69. The summed E-state index contributed by atoms with van der Waals surface area (Å²) in [5.41, 5.74) is 1.24. The molecule has 1 unspecified atom stereocenters. The Hall–Kier alpha value is -1.51. The minimum atomic E-state index is 0.0561. The molecule has 0 aromatic heterocycles. The summed E-state index contributed by atoms with van der Waals surface area (Å²) in [6, 6.07) is 5.97. The molecule has 26 heavy (non-hydrogen) atoms. The molecule has 0 N–H and O–H groups in total. The lowest BCUT2D eigenvalue weighted by atomic mass is 9.76. The zero-order chi connectivity index (χ0) is 19.7. The van der Waals surface area contributed by atoms with Crippen LogP contribution in [-0.4, -0.2) is 20.0 Å². The fourth-order valence-corrected chi connectivity index (χ4v) is 3.74. The maximum Gasteiger partial charge on any atom is 0.136 e. The Morgan fingerprint density at radius 1 is 1.08 bits per heavy atom. The van der Waals surface area contributed by atoms with Gasteiger partial charge in [0.1, 0.15) is 17.3 Å². The Bertz CT molecular complexity index is 553. The number of ketones is 1. The molecule has 0 aliphatic rings. The van der Waals surface area contributed by atoms with Gasteiger partial charge in [-0.15, -0.1) is 0 Å². The molecular weight excluding hydrogens is 324 g/mol. The van der Waals surface area contributed by atoms with E-state index >= 15 is 0 Å². The quantitative estimate of drug-likeness (QED) is 0.478. The van der Waals surface area contributed by atoms with E-state index in [4.69, 9.17) is 9.47 Å². The smallest absolute Gasteiger partial charge is 0.136 e. The molecule has 0 aliphatic carbocycles. The maximum absolute atomic E-state index is 12.9. The van der Waals surface area contributed by atoms with E-state index in [1.807, 2.05) is 12.1 Å². The minimum Gasteiger partial charge on any atom is -0.497 e. The molecule has 1 aromatic rings. The van der Waals surface area contributed by atoms with Gasteiger partial charge in [0.15, 0.2) is 0 Å². The van der Waals surface area contributed by atoms with Gasteiger partial charge in [-0.05, 0) is 42.2 Å². The van der Waals surface area contributed by atoms with Crippen molar-refractivity contribution in [2.24, 2.45) is 17.3 Å². The molecule has 3 heteroatoms. The molecule has 0 bridgehead atoms. The van der Waals surface area contributed by atoms with Gasteiger partial charge in [-0.3, -0.25) is 4.79 Å². The third-order valence-electron chi connectivity index (χ3n) is 5.19. The van der Waals surface area contributed by atoms with Crippen LogP contribution in [0.1, 0.15) is 72.3 Å². The Labute approximate surface area is 160 Å². The van der Waals surface area contributed by atoms with Crippen LogP contribution in [0.2, 0.25) is 0 Å². The summed E-state index contributed by atoms with van der Waals surface area (Å²) in [5, 5.41) is 0. The van der Waals surface area contributed by atoms with Gasteiger partial charge in [0.05, 0.1) is 14.2 Å². The SMILES string of the molecule is CCC(CC)C(CCCc1ccc(OC)cc1OC)C(=O)CC(C)(C)C.